The maximum atomic E-state index is 12.3. The molecule has 0 saturated carbocycles. The Morgan fingerprint density at radius 2 is 1.58 bits per heavy atom. The molecule has 0 amide bonds. The second kappa shape index (κ2) is 4.94. The van der Waals surface area contributed by atoms with Crippen molar-refractivity contribution in [1.82, 2.24) is 5.06 Å². The highest BCUT2D eigenvalue weighted by molar-refractivity contribution is 5.75. The highest BCUT2D eigenvalue weighted by atomic mass is 19.4. The lowest BCUT2D eigenvalue weighted by Crippen LogP contribution is -2.63. The Balaban J connectivity index is 2.94. The van der Waals surface area contributed by atoms with Crippen LogP contribution in [0.1, 0.15) is 40.5 Å². The van der Waals surface area contributed by atoms with Crippen molar-refractivity contribution in [2.75, 3.05) is 7.11 Å². The summed E-state index contributed by atoms with van der Waals surface area (Å²) in [4.78, 5) is 15.6. The molecule has 0 aromatic rings. The van der Waals surface area contributed by atoms with Crippen molar-refractivity contribution in [2.24, 2.45) is 0 Å². The van der Waals surface area contributed by atoms with Gasteiger partial charge in [-0.3, -0.25) is 0 Å². The molecule has 1 heterocycles. The van der Waals surface area contributed by atoms with Gasteiger partial charge in [0.25, 0.3) is 0 Å². The summed E-state index contributed by atoms with van der Waals surface area (Å²) in [5.41, 5.74) is -1.47. The van der Waals surface area contributed by atoms with E-state index in [-0.39, 0.29) is 6.10 Å². The van der Waals surface area contributed by atoms with E-state index in [0.29, 0.717) is 12.8 Å². The van der Waals surface area contributed by atoms with Gasteiger partial charge in [-0.1, -0.05) is 0 Å². The van der Waals surface area contributed by atoms with Crippen molar-refractivity contribution in [3.8, 4) is 0 Å². The summed E-state index contributed by atoms with van der Waals surface area (Å²) in [6.45, 7) is 6.90. The Morgan fingerprint density at radius 3 is 1.89 bits per heavy atom. The van der Waals surface area contributed by atoms with E-state index in [2.05, 4.69) is 4.84 Å². The van der Waals surface area contributed by atoms with Gasteiger partial charge in [-0.05, 0) is 40.5 Å². The SMILES string of the molecule is COC1CC(C)(C)N(OC(=O)C(F)(F)F)C(C)(C)C1. The van der Waals surface area contributed by atoms with Gasteiger partial charge in [0.15, 0.2) is 0 Å². The number of nitrogens with zero attached hydrogens (tertiary/aromatic N) is 1. The first kappa shape index (κ1) is 16.2. The molecule has 1 fully saturated rings. The first-order valence-corrected chi connectivity index (χ1v) is 6.02. The number of hydrogen-bond acceptors (Lipinski definition) is 4. The molecule has 0 bridgehead atoms. The summed E-state index contributed by atoms with van der Waals surface area (Å²) < 4.78 is 42.3. The summed E-state index contributed by atoms with van der Waals surface area (Å²) in [7, 11) is 1.56. The molecule has 112 valence electrons. The van der Waals surface area contributed by atoms with Crippen molar-refractivity contribution in [3.63, 3.8) is 0 Å². The van der Waals surface area contributed by atoms with Crippen LogP contribution in [0.3, 0.4) is 0 Å². The van der Waals surface area contributed by atoms with Crippen molar-refractivity contribution < 1.29 is 27.5 Å². The van der Waals surface area contributed by atoms with Gasteiger partial charge < -0.3 is 9.57 Å². The third-order valence-corrected chi connectivity index (χ3v) is 3.29. The maximum absolute atomic E-state index is 12.3. The third-order valence-electron chi connectivity index (χ3n) is 3.29. The molecule has 1 saturated heterocycles. The Morgan fingerprint density at radius 1 is 1.16 bits per heavy atom. The number of carbonyl (C=O) groups is 1. The topological polar surface area (TPSA) is 38.8 Å². The minimum atomic E-state index is -5.00. The minimum Gasteiger partial charge on any atom is -0.381 e. The van der Waals surface area contributed by atoms with Crippen LogP contribution >= 0.6 is 0 Å². The highest BCUT2D eigenvalue weighted by Crippen LogP contribution is 2.40. The number of piperidine rings is 1. The van der Waals surface area contributed by atoms with Crippen molar-refractivity contribution in [1.29, 1.82) is 0 Å². The predicted octanol–water partition coefficient (Wildman–Crippen LogP) is 2.67. The van der Waals surface area contributed by atoms with E-state index in [1.807, 2.05) is 0 Å². The van der Waals surface area contributed by atoms with E-state index in [4.69, 9.17) is 4.74 Å². The molecular weight excluding hydrogens is 263 g/mol. The maximum Gasteiger partial charge on any atom is 0.492 e. The van der Waals surface area contributed by atoms with Crippen LogP contribution in [-0.4, -0.2) is 41.5 Å². The van der Waals surface area contributed by atoms with Crippen LogP contribution in [-0.2, 0) is 14.4 Å². The molecule has 0 spiro atoms. The fourth-order valence-electron chi connectivity index (χ4n) is 2.72. The van der Waals surface area contributed by atoms with E-state index in [1.165, 1.54) is 0 Å². The average molecular weight is 283 g/mol. The first-order valence-electron chi connectivity index (χ1n) is 6.02. The van der Waals surface area contributed by atoms with Crippen LogP contribution in [0.15, 0.2) is 0 Å². The van der Waals surface area contributed by atoms with Crippen molar-refractivity contribution in [3.05, 3.63) is 0 Å². The zero-order chi connectivity index (χ0) is 15.1. The number of rotatable bonds is 2. The van der Waals surface area contributed by atoms with Gasteiger partial charge in [-0.2, -0.15) is 13.2 Å². The molecule has 1 aliphatic rings. The van der Waals surface area contributed by atoms with Gasteiger partial charge in [0.2, 0.25) is 0 Å². The standard InChI is InChI=1S/C12H20F3NO3/c1-10(2)6-8(18-5)7-11(3,4)16(10)19-9(17)12(13,14)15/h8H,6-7H2,1-5H3. The van der Waals surface area contributed by atoms with Crippen LogP contribution in [0.25, 0.3) is 0 Å². The fraction of sp³-hybridized carbons (Fsp3) is 0.917. The third kappa shape index (κ3) is 3.60. The smallest absolute Gasteiger partial charge is 0.381 e. The van der Waals surface area contributed by atoms with E-state index in [1.54, 1.807) is 34.8 Å². The normalized spacial score (nSPS) is 24.2. The highest BCUT2D eigenvalue weighted by Gasteiger charge is 2.51. The lowest BCUT2D eigenvalue weighted by molar-refractivity contribution is -0.299. The average Bonchev–Trinajstić information content (AvgIpc) is 2.20. The Labute approximate surface area is 110 Å². The van der Waals surface area contributed by atoms with Gasteiger partial charge in [-0.25, -0.2) is 4.79 Å². The molecule has 0 radical (unpaired) electrons. The van der Waals surface area contributed by atoms with Crippen molar-refractivity contribution in [2.45, 2.75) is 63.9 Å². The van der Waals surface area contributed by atoms with Crippen LogP contribution in [0, 0.1) is 0 Å². The number of hydroxylamine groups is 2. The zero-order valence-corrected chi connectivity index (χ0v) is 11.8. The lowest BCUT2D eigenvalue weighted by atomic mass is 9.80. The molecule has 19 heavy (non-hydrogen) atoms. The van der Waals surface area contributed by atoms with E-state index in [0.717, 1.165) is 5.06 Å². The number of alkyl halides is 3. The van der Waals surface area contributed by atoms with Crippen LogP contribution < -0.4 is 0 Å². The summed E-state index contributed by atoms with van der Waals surface area (Å²) in [6.07, 6.45) is -4.11. The number of halogens is 3. The zero-order valence-electron chi connectivity index (χ0n) is 11.8. The number of ether oxygens (including phenoxy) is 1. The Bertz CT molecular complexity index is 335. The molecule has 0 aliphatic carbocycles. The molecular formula is C12H20F3NO3. The summed E-state index contributed by atoms with van der Waals surface area (Å²) in [5, 5.41) is 1.14. The van der Waals surface area contributed by atoms with Crippen molar-refractivity contribution >= 4 is 5.97 Å². The van der Waals surface area contributed by atoms with Crippen LogP contribution in [0.2, 0.25) is 0 Å². The Hall–Kier alpha value is -0.820. The number of hydrogen-bond donors (Lipinski definition) is 0. The molecule has 4 nitrogen and oxygen atoms in total. The minimum absolute atomic E-state index is 0.0779. The number of methoxy groups -OCH3 is 1. The predicted molar refractivity (Wildman–Crippen MR) is 62.2 cm³/mol. The second-order valence-electron chi connectivity index (χ2n) is 6.06. The molecule has 7 heteroatoms. The fourth-order valence-corrected chi connectivity index (χ4v) is 2.72. The van der Waals surface area contributed by atoms with E-state index in [9.17, 15) is 18.0 Å². The van der Waals surface area contributed by atoms with E-state index < -0.39 is 23.2 Å². The summed E-state index contributed by atoms with van der Waals surface area (Å²) in [5.74, 6) is -2.19. The van der Waals surface area contributed by atoms with Crippen LogP contribution in [0.4, 0.5) is 13.2 Å². The summed E-state index contributed by atoms with van der Waals surface area (Å²) in [6, 6.07) is 0. The molecule has 1 aliphatic heterocycles. The van der Waals surface area contributed by atoms with Gasteiger partial charge >= 0.3 is 12.1 Å². The van der Waals surface area contributed by atoms with E-state index >= 15 is 0 Å². The Kier molecular flexibility index (Phi) is 4.22. The van der Waals surface area contributed by atoms with Gasteiger partial charge in [0, 0.05) is 7.11 Å². The lowest BCUT2D eigenvalue weighted by Gasteiger charge is -2.52. The number of carbonyl (C=O) groups excluding carboxylic acids is 1. The largest absolute Gasteiger partial charge is 0.492 e. The molecule has 0 aromatic heterocycles. The monoisotopic (exact) mass is 283 g/mol. The molecule has 0 atom stereocenters. The second-order valence-corrected chi connectivity index (χ2v) is 6.06. The molecule has 0 aromatic carbocycles. The quantitative estimate of drug-likeness (QED) is 0.781. The van der Waals surface area contributed by atoms with Gasteiger partial charge in [-0.15, -0.1) is 5.06 Å². The molecule has 0 N–H and O–H groups in total. The summed E-state index contributed by atoms with van der Waals surface area (Å²) >= 11 is 0. The molecule has 0 unspecified atom stereocenters. The first-order chi connectivity index (χ1) is 8.40. The van der Waals surface area contributed by atoms with Gasteiger partial charge in [0.05, 0.1) is 17.2 Å². The molecule has 1 rings (SSSR count). The van der Waals surface area contributed by atoms with Crippen LogP contribution in [0.5, 0.6) is 0 Å². The van der Waals surface area contributed by atoms with Gasteiger partial charge in [0.1, 0.15) is 0 Å².